The fourth-order valence-electron chi connectivity index (χ4n) is 1.89. The van der Waals surface area contributed by atoms with E-state index in [4.69, 9.17) is 14.2 Å². The summed E-state index contributed by atoms with van der Waals surface area (Å²) in [7, 11) is 1.58. The third kappa shape index (κ3) is 7.32. The molecule has 2 N–H and O–H groups in total. The smallest absolute Gasteiger partial charge is 0.407 e. The lowest BCUT2D eigenvalue weighted by Crippen LogP contribution is -2.36. The molecule has 1 aromatic rings. The van der Waals surface area contributed by atoms with Crippen molar-refractivity contribution in [3.63, 3.8) is 0 Å². The number of nitrogens with one attached hydrogen (secondary N) is 1. The molecule has 0 saturated carbocycles. The van der Waals surface area contributed by atoms with E-state index in [0.29, 0.717) is 24.5 Å². The van der Waals surface area contributed by atoms with E-state index in [1.807, 2.05) is 0 Å². The molecule has 24 heavy (non-hydrogen) atoms. The molecule has 1 atom stereocenters. The summed E-state index contributed by atoms with van der Waals surface area (Å²) in [6.07, 6.45) is -0.645. The SMILES string of the molecule is COCCOc1ccc(C(CNC(=O)OC(C)(C)C)C(=O)O)cc1. The summed E-state index contributed by atoms with van der Waals surface area (Å²) >= 11 is 0. The lowest BCUT2D eigenvalue weighted by molar-refractivity contribution is -0.138. The van der Waals surface area contributed by atoms with Crippen LogP contribution in [0.4, 0.5) is 4.79 Å². The monoisotopic (exact) mass is 339 g/mol. The number of ether oxygens (including phenoxy) is 3. The normalized spacial score (nSPS) is 12.3. The highest BCUT2D eigenvalue weighted by Gasteiger charge is 2.22. The van der Waals surface area contributed by atoms with Crippen molar-refractivity contribution in [2.45, 2.75) is 32.3 Å². The second-order valence-corrected chi connectivity index (χ2v) is 6.18. The van der Waals surface area contributed by atoms with E-state index < -0.39 is 23.6 Å². The third-order valence-electron chi connectivity index (χ3n) is 2.99. The summed E-state index contributed by atoms with van der Waals surface area (Å²) in [6.45, 7) is 6.04. The number of alkyl carbamates (subject to hydrolysis) is 1. The summed E-state index contributed by atoms with van der Waals surface area (Å²) in [5.41, 5.74) is -0.0677. The molecule has 0 spiro atoms. The van der Waals surface area contributed by atoms with Gasteiger partial charge in [-0.25, -0.2) is 4.79 Å². The zero-order valence-corrected chi connectivity index (χ0v) is 14.5. The van der Waals surface area contributed by atoms with Gasteiger partial charge in [-0.1, -0.05) is 12.1 Å². The molecule has 0 saturated heterocycles. The highest BCUT2D eigenvalue weighted by atomic mass is 16.6. The van der Waals surface area contributed by atoms with E-state index in [9.17, 15) is 14.7 Å². The first-order chi connectivity index (χ1) is 11.2. The third-order valence-corrected chi connectivity index (χ3v) is 2.99. The summed E-state index contributed by atoms with van der Waals surface area (Å²) in [5.74, 6) is -1.27. The molecule has 1 aromatic carbocycles. The van der Waals surface area contributed by atoms with E-state index in [0.717, 1.165) is 0 Å². The van der Waals surface area contributed by atoms with Crippen molar-refractivity contribution in [3.8, 4) is 5.75 Å². The van der Waals surface area contributed by atoms with Gasteiger partial charge in [0.15, 0.2) is 0 Å². The Labute approximate surface area is 141 Å². The Morgan fingerprint density at radius 3 is 2.29 bits per heavy atom. The van der Waals surface area contributed by atoms with E-state index >= 15 is 0 Å². The zero-order chi connectivity index (χ0) is 18.2. The minimum absolute atomic E-state index is 0.0614. The van der Waals surface area contributed by atoms with Gasteiger partial charge in [0, 0.05) is 13.7 Å². The van der Waals surface area contributed by atoms with Gasteiger partial charge in [0.05, 0.1) is 12.5 Å². The van der Waals surface area contributed by atoms with Crippen LogP contribution in [0.1, 0.15) is 32.3 Å². The molecule has 1 rings (SSSR count). The van der Waals surface area contributed by atoms with Crippen LogP contribution >= 0.6 is 0 Å². The van der Waals surface area contributed by atoms with Crippen molar-refractivity contribution in [3.05, 3.63) is 29.8 Å². The molecule has 1 unspecified atom stereocenters. The van der Waals surface area contributed by atoms with Crippen LogP contribution in [0, 0.1) is 0 Å². The molecule has 1 amide bonds. The number of carboxylic acid groups (broad SMARTS) is 1. The molecule has 0 aliphatic carbocycles. The van der Waals surface area contributed by atoms with E-state index in [1.165, 1.54) is 0 Å². The Hall–Kier alpha value is -2.28. The number of hydrogen-bond donors (Lipinski definition) is 2. The van der Waals surface area contributed by atoms with Crippen molar-refractivity contribution >= 4 is 12.1 Å². The summed E-state index contributed by atoms with van der Waals surface area (Å²) in [6, 6.07) is 6.71. The van der Waals surface area contributed by atoms with Crippen molar-refractivity contribution in [1.29, 1.82) is 0 Å². The van der Waals surface area contributed by atoms with Crippen LogP contribution in [-0.4, -0.2) is 49.6 Å². The molecule has 0 aliphatic heterocycles. The fraction of sp³-hybridized carbons (Fsp3) is 0.529. The van der Waals surface area contributed by atoms with Crippen molar-refractivity contribution < 1.29 is 28.9 Å². The predicted molar refractivity (Wildman–Crippen MR) is 88.4 cm³/mol. The molecule has 134 valence electrons. The largest absolute Gasteiger partial charge is 0.491 e. The lowest BCUT2D eigenvalue weighted by atomic mass is 9.99. The van der Waals surface area contributed by atoms with Crippen LogP contribution in [0.3, 0.4) is 0 Å². The van der Waals surface area contributed by atoms with Crippen molar-refractivity contribution in [1.82, 2.24) is 5.32 Å². The number of carbonyl (C=O) groups is 2. The van der Waals surface area contributed by atoms with Gasteiger partial charge >= 0.3 is 12.1 Å². The zero-order valence-electron chi connectivity index (χ0n) is 14.5. The number of methoxy groups -OCH3 is 1. The van der Waals surface area contributed by atoms with Gasteiger partial charge in [-0.15, -0.1) is 0 Å². The number of rotatable bonds is 8. The van der Waals surface area contributed by atoms with Gasteiger partial charge in [-0.3, -0.25) is 4.79 Å². The summed E-state index contributed by atoms with van der Waals surface area (Å²) in [4.78, 5) is 23.1. The maximum absolute atomic E-state index is 11.7. The molecule has 0 aliphatic rings. The van der Waals surface area contributed by atoms with Gasteiger partial charge in [-0.2, -0.15) is 0 Å². The Bertz CT molecular complexity index is 535. The van der Waals surface area contributed by atoms with Gasteiger partial charge in [0.2, 0.25) is 0 Å². The second-order valence-electron chi connectivity index (χ2n) is 6.18. The number of carboxylic acids is 1. The molecule has 0 heterocycles. The Morgan fingerprint density at radius 1 is 1.17 bits per heavy atom. The topological polar surface area (TPSA) is 94.1 Å². The minimum Gasteiger partial charge on any atom is -0.491 e. The minimum atomic E-state index is -1.03. The number of hydrogen-bond acceptors (Lipinski definition) is 5. The van der Waals surface area contributed by atoms with Crippen molar-refractivity contribution in [2.24, 2.45) is 0 Å². The number of aliphatic carboxylic acids is 1. The molecule has 0 aromatic heterocycles. The van der Waals surface area contributed by atoms with Crippen LogP contribution in [0.2, 0.25) is 0 Å². The first-order valence-corrected chi connectivity index (χ1v) is 7.64. The molecule has 0 fully saturated rings. The molecule has 0 radical (unpaired) electrons. The van der Waals surface area contributed by atoms with Crippen molar-refractivity contribution in [2.75, 3.05) is 26.9 Å². The van der Waals surface area contributed by atoms with Gasteiger partial charge < -0.3 is 24.6 Å². The molecule has 0 bridgehead atoms. The quantitative estimate of drug-likeness (QED) is 0.706. The second kappa shape index (κ2) is 9.12. The lowest BCUT2D eigenvalue weighted by Gasteiger charge is -2.21. The molecular weight excluding hydrogens is 314 g/mol. The van der Waals surface area contributed by atoms with Gasteiger partial charge in [-0.05, 0) is 38.5 Å². The Balaban J connectivity index is 2.64. The standard InChI is InChI=1S/C17H25NO6/c1-17(2,3)24-16(21)18-11-14(15(19)20)12-5-7-13(8-6-12)23-10-9-22-4/h5-8,14H,9-11H2,1-4H3,(H,18,21)(H,19,20). The van der Waals surface area contributed by atoms with E-state index in [1.54, 1.807) is 52.1 Å². The summed E-state index contributed by atoms with van der Waals surface area (Å²) < 4.78 is 15.4. The fourth-order valence-corrected chi connectivity index (χ4v) is 1.89. The van der Waals surface area contributed by atoms with Crippen LogP contribution in [0.25, 0.3) is 0 Å². The maximum atomic E-state index is 11.7. The average Bonchev–Trinajstić information content (AvgIpc) is 2.47. The Kier molecular flexibility index (Phi) is 7.51. The first kappa shape index (κ1) is 19.8. The molecule has 7 nitrogen and oxygen atoms in total. The Morgan fingerprint density at radius 2 is 1.79 bits per heavy atom. The molecule has 7 heteroatoms. The highest BCUT2D eigenvalue weighted by molar-refractivity contribution is 5.77. The van der Waals surface area contributed by atoms with E-state index in [-0.39, 0.29) is 6.54 Å². The van der Waals surface area contributed by atoms with Crippen LogP contribution in [-0.2, 0) is 14.3 Å². The summed E-state index contributed by atoms with van der Waals surface area (Å²) in [5, 5.41) is 11.9. The average molecular weight is 339 g/mol. The van der Waals surface area contributed by atoms with Crippen LogP contribution in [0.5, 0.6) is 5.75 Å². The van der Waals surface area contributed by atoms with Gasteiger partial charge in [0.25, 0.3) is 0 Å². The highest BCUT2D eigenvalue weighted by Crippen LogP contribution is 2.20. The van der Waals surface area contributed by atoms with Gasteiger partial charge in [0.1, 0.15) is 18.0 Å². The maximum Gasteiger partial charge on any atom is 0.407 e. The van der Waals surface area contributed by atoms with Crippen LogP contribution in [0.15, 0.2) is 24.3 Å². The first-order valence-electron chi connectivity index (χ1n) is 7.64. The predicted octanol–water partition coefficient (Wildman–Crippen LogP) is 2.40. The number of carbonyl (C=O) groups excluding carboxylic acids is 1. The number of amides is 1. The van der Waals surface area contributed by atoms with E-state index in [2.05, 4.69) is 5.32 Å². The number of benzene rings is 1. The van der Waals surface area contributed by atoms with Crippen LogP contribution < -0.4 is 10.1 Å². The molecular formula is C17H25NO6.